The molecule has 1 atom stereocenters. The zero-order valence-electron chi connectivity index (χ0n) is 14.9. The zero-order valence-corrected chi connectivity index (χ0v) is 14.9. The number of rotatable bonds is 5. The molecule has 25 heavy (non-hydrogen) atoms. The molecule has 4 rings (SSSR count). The molecule has 0 amide bonds. The molecule has 2 fully saturated rings. The summed E-state index contributed by atoms with van der Waals surface area (Å²) >= 11 is 0. The lowest BCUT2D eigenvalue weighted by atomic mass is 9.93. The van der Waals surface area contributed by atoms with Crippen LogP contribution < -0.4 is 0 Å². The van der Waals surface area contributed by atoms with Crippen molar-refractivity contribution >= 4 is 10.9 Å². The molecule has 0 saturated carbocycles. The molecule has 1 unspecified atom stereocenters. The van der Waals surface area contributed by atoms with Gasteiger partial charge in [0.2, 0.25) is 0 Å². The van der Waals surface area contributed by atoms with Gasteiger partial charge in [0.1, 0.15) is 0 Å². The van der Waals surface area contributed by atoms with E-state index in [1.54, 1.807) is 0 Å². The average molecular weight is 343 g/mol. The number of H-pyrrole nitrogens is 1. The number of aromatic amines is 1. The lowest BCUT2D eigenvalue weighted by Crippen LogP contribution is -2.46. The van der Waals surface area contributed by atoms with Gasteiger partial charge in [-0.1, -0.05) is 18.2 Å². The molecule has 0 radical (unpaired) electrons. The lowest BCUT2D eigenvalue weighted by molar-refractivity contribution is 0.00507. The number of likely N-dealkylation sites (tertiary alicyclic amines) is 1. The van der Waals surface area contributed by atoms with E-state index >= 15 is 0 Å². The minimum Gasteiger partial charge on any atom is -0.390 e. The number of aliphatic hydroxyl groups is 1. The number of hydrogen-bond acceptors (Lipinski definition) is 4. The van der Waals surface area contributed by atoms with Gasteiger partial charge in [-0.05, 0) is 43.5 Å². The molecular formula is C20H29N3O2. The van der Waals surface area contributed by atoms with Crippen LogP contribution in [0.25, 0.3) is 10.9 Å². The lowest BCUT2D eigenvalue weighted by Gasteiger charge is -2.34. The van der Waals surface area contributed by atoms with Crippen molar-refractivity contribution in [3.63, 3.8) is 0 Å². The van der Waals surface area contributed by atoms with E-state index in [0.717, 1.165) is 65.3 Å². The number of nitrogens with one attached hydrogen (secondary N) is 1. The number of benzene rings is 1. The SMILES string of the molecule is OC(CN1CCOCC1)CN1CCC(c2cc3ccccc3[nH]2)CC1. The molecular weight excluding hydrogens is 314 g/mol. The van der Waals surface area contributed by atoms with E-state index < -0.39 is 0 Å². The van der Waals surface area contributed by atoms with Crippen molar-refractivity contribution in [3.05, 3.63) is 36.0 Å². The van der Waals surface area contributed by atoms with Crippen molar-refractivity contribution in [1.82, 2.24) is 14.8 Å². The first-order chi connectivity index (χ1) is 12.3. The highest BCUT2D eigenvalue weighted by Crippen LogP contribution is 2.29. The summed E-state index contributed by atoms with van der Waals surface area (Å²) in [6.45, 7) is 7.17. The summed E-state index contributed by atoms with van der Waals surface area (Å²) in [6.07, 6.45) is 2.07. The molecule has 2 aromatic rings. The van der Waals surface area contributed by atoms with E-state index in [2.05, 4.69) is 45.1 Å². The molecule has 2 aliphatic rings. The predicted octanol–water partition coefficient (Wildman–Crippen LogP) is 2.04. The Kier molecular flexibility index (Phi) is 5.36. The van der Waals surface area contributed by atoms with Gasteiger partial charge in [-0.15, -0.1) is 0 Å². The van der Waals surface area contributed by atoms with Gasteiger partial charge in [-0.2, -0.15) is 0 Å². The Morgan fingerprint density at radius 1 is 1.04 bits per heavy atom. The third kappa shape index (κ3) is 4.23. The van der Waals surface area contributed by atoms with Gasteiger partial charge < -0.3 is 19.7 Å². The number of ether oxygens (including phenoxy) is 1. The largest absolute Gasteiger partial charge is 0.390 e. The van der Waals surface area contributed by atoms with E-state index in [1.807, 2.05) is 0 Å². The molecule has 2 aliphatic heterocycles. The van der Waals surface area contributed by atoms with Crippen molar-refractivity contribution in [2.24, 2.45) is 0 Å². The van der Waals surface area contributed by atoms with Gasteiger partial charge in [0.15, 0.2) is 0 Å². The first-order valence-corrected chi connectivity index (χ1v) is 9.56. The quantitative estimate of drug-likeness (QED) is 0.872. The van der Waals surface area contributed by atoms with Gasteiger partial charge in [0, 0.05) is 43.3 Å². The van der Waals surface area contributed by atoms with Crippen LogP contribution in [-0.4, -0.2) is 78.5 Å². The number of nitrogens with zero attached hydrogens (tertiary/aromatic N) is 2. The van der Waals surface area contributed by atoms with Gasteiger partial charge in [-0.3, -0.25) is 4.90 Å². The second-order valence-corrected chi connectivity index (χ2v) is 7.45. The summed E-state index contributed by atoms with van der Waals surface area (Å²) in [5.41, 5.74) is 2.61. The summed E-state index contributed by atoms with van der Waals surface area (Å²) in [5.74, 6) is 0.611. The Labute approximate surface area is 149 Å². The van der Waals surface area contributed by atoms with Crippen molar-refractivity contribution in [2.45, 2.75) is 24.9 Å². The van der Waals surface area contributed by atoms with Crippen molar-refractivity contribution < 1.29 is 9.84 Å². The Morgan fingerprint density at radius 3 is 2.44 bits per heavy atom. The molecule has 1 aromatic carbocycles. The van der Waals surface area contributed by atoms with Crippen molar-refractivity contribution in [1.29, 1.82) is 0 Å². The second kappa shape index (κ2) is 7.87. The smallest absolute Gasteiger partial charge is 0.0793 e. The minimum absolute atomic E-state index is 0.261. The minimum atomic E-state index is -0.261. The van der Waals surface area contributed by atoms with Crippen LogP contribution in [-0.2, 0) is 4.74 Å². The van der Waals surface area contributed by atoms with Crippen molar-refractivity contribution in [3.8, 4) is 0 Å². The molecule has 0 bridgehead atoms. The number of para-hydroxylation sites is 1. The summed E-state index contributed by atoms with van der Waals surface area (Å²) in [5, 5.41) is 11.7. The van der Waals surface area contributed by atoms with Crippen LogP contribution in [0.2, 0.25) is 0 Å². The van der Waals surface area contributed by atoms with E-state index in [0.29, 0.717) is 5.92 Å². The Hall–Kier alpha value is -1.40. The van der Waals surface area contributed by atoms with Gasteiger partial charge in [0.05, 0.1) is 19.3 Å². The molecule has 5 nitrogen and oxygen atoms in total. The van der Waals surface area contributed by atoms with Crippen LogP contribution in [0.4, 0.5) is 0 Å². The summed E-state index contributed by atoms with van der Waals surface area (Å²) < 4.78 is 5.37. The fourth-order valence-corrected chi connectivity index (χ4v) is 4.18. The van der Waals surface area contributed by atoms with Crippen LogP contribution in [0.5, 0.6) is 0 Å². The van der Waals surface area contributed by atoms with Crippen LogP contribution >= 0.6 is 0 Å². The highest BCUT2D eigenvalue weighted by Gasteiger charge is 2.24. The summed E-state index contributed by atoms with van der Waals surface area (Å²) in [4.78, 5) is 8.32. The first-order valence-electron chi connectivity index (χ1n) is 9.56. The number of β-amino-alcohol motifs (C(OH)–C–C–N with tert-alkyl or cyclic N) is 1. The number of piperidine rings is 1. The molecule has 2 saturated heterocycles. The third-order valence-electron chi connectivity index (χ3n) is 5.62. The standard InChI is InChI=1S/C20H29N3O2/c24-18(15-23-9-11-25-12-10-23)14-22-7-5-16(6-8-22)20-13-17-3-1-2-4-19(17)21-20/h1-4,13,16,18,21,24H,5-12,14-15H2. The van der Waals surface area contributed by atoms with Gasteiger partial charge in [0.25, 0.3) is 0 Å². The average Bonchev–Trinajstić information content (AvgIpc) is 3.07. The third-order valence-corrected chi connectivity index (χ3v) is 5.62. The number of hydrogen-bond donors (Lipinski definition) is 2. The number of aromatic nitrogens is 1. The highest BCUT2D eigenvalue weighted by molar-refractivity contribution is 5.80. The number of morpholine rings is 1. The van der Waals surface area contributed by atoms with E-state index in [9.17, 15) is 5.11 Å². The molecule has 3 heterocycles. The predicted molar refractivity (Wildman–Crippen MR) is 100.0 cm³/mol. The fraction of sp³-hybridized carbons (Fsp3) is 0.600. The summed E-state index contributed by atoms with van der Waals surface area (Å²) in [6, 6.07) is 10.8. The molecule has 0 aliphatic carbocycles. The zero-order chi connectivity index (χ0) is 17.1. The maximum absolute atomic E-state index is 10.4. The van der Waals surface area contributed by atoms with Crippen LogP contribution in [0.3, 0.4) is 0 Å². The monoisotopic (exact) mass is 343 g/mol. The second-order valence-electron chi connectivity index (χ2n) is 7.45. The Balaban J connectivity index is 1.26. The van der Waals surface area contributed by atoms with Crippen LogP contribution in [0, 0.1) is 0 Å². The molecule has 5 heteroatoms. The molecule has 1 aromatic heterocycles. The molecule has 0 spiro atoms. The number of fused-ring (bicyclic) bond motifs is 1. The molecule has 2 N–H and O–H groups in total. The maximum atomic E-state index is 10.4. The Bertz CT molecular complexity index is 639. The van der Waals surface area contributed by atoms with Gasteiger partial charge in [-0.25, -0.2) is 0 Å². The van der Waals surface area contributed by atoms with Crippen LogP contribution in [0.1, 0.15) is 24.5 Å². The molecule has 136 valence electrons. The number of aliphatic hydroxyl groups excluding tert-OH is 1. The van der Waals surface area contributed by atoms with Gasteiger partial charge >= 0.3 is 0 Å². The van der Waals surface area contributed by atoms with Crippen molar-refractivity contribution in [2.75, 3.05) is 52.5 Å². The highest BCUT2D eigenvalue weighted by atomic mass is 16.5. The fourth-order valence-electron chi connectivity index (χ4n) is 4.18. The van der Waals surface area contributed by atoms with Crippen LogP contribution in [0.15, 0.2) is 30.3 Å². The van der Waals surface area contributed by atoms with E-state index in [-0.39, 0.29) is 6.10 Å². The Morgan fingerprint density at radius 2 is 1.72 bits per heavy atom. The normalized spacial score (nSPS) is 22.4. The first kappa shape index (κ1) is 17.0. The maximum Gasteiger partial charge on any atom is 0.0793 e. The topological polar surface area (TPSA) is 51.7 Å². The summed E-state index contributed by atoms with van der Waals surface area (Å²) in [7, 11) is 0. The van der Waals surface area contributed by atoms with E-state index in [4.69, 9.17) is 4.74 Å². The van der Waals surface area contributed by atoms with E-state index in [1.165, 1.54) is 16.6 Å².